The molecule has 1 aromatic carbocycles. The van der Waals surface area contributed by atoms with Gasteiger partial charge in [-0.15, -0.1) is 0 Å². The van der Waals surface area contributed by atoms with Crippen molar-refractivity contribution in [3.8, 4) is 0 Å². The Morgan fingerprint density at radius 3 is 2.90 bits per heavy atom. The van der Waals surface area contributed by atoms with E-state index in [0.717, 1.165) is 23.4 Å². The first-order valence-electron chi connectivity index (χ1n) is 6.37. The molecule has 3 nitrogen and oxygen atoms in total. The van der Waals surface area contributed by atoms with Crippen molar-refractivity contribution in [3.05, 3.63) is 58.4 Å². The molecule has 0 aliphatic carbocycles. The Balaban J connectivity index is 2.21. The van der Waals surface area contributed by atoms with E-state index in [9.17, 15) is 0 Å². The summed E-state index contributed by atoms with van der Waals surface area (Å²) < 4.78 is 0. The van der Waals surface area contributed by atoms with Gasteiger partial charge in [-0.1, -0.05) is 36.8 Å². The predicted octanol–water partition coefficient (Wildman–Crippen LogP) is 3.54. The minimum absolute atomic E-state index is 0.326. The number of nitrogens with zero attached hydrogens (tertiary/aromatic N) is 1. The molecule has 0 amide bonds. The highest BCUT2D eigenvalue weighted by Gasteiger charge is 2.07. The third kappa shape index (κ3) is 3.46. The van der Waals surface area contributed by atoms with Crippen LogP contribution in [0.15, 0.2) is 36.5 Å². The van der Waals surface area contributed by atoms with Crippen molar-refractivity contribution in [2.45, 2.75) is 19.9 Å². The number of pyridine rings is 1. The number of anilines is 1. The Labute approximate surface area is 129 Å². The van der Waals surface area contributed by atoms with Crippen molar-refractivity contribution in [3.63, 3.8) is 0 Å². The molecule has 0 radical (unpaired) electrons. The number of benzene rings is 1. The van der Waals surface area contributed by atoms with E-state index in [1.54, 1.807) is 12.3 Å². The number of aromatic nitrogens is 1. The molecule has 1 aromatic heterocycles. The van der Waals surface area contributed by atoms with E-state index in [4.69, 9.17) is 29.6 Å². The van der Waals surface area contributed by atoms with Gasteiger partial charge in [0.05, 0.1) is 12.2 Å². The van der Waals surface area contributed by atoms with Crippen LogP contribution < -0.4 is 11.1 Å². The molecule has 0 atom stereocenters. The van der Waals surface area contributed by atoms with Crippen molar-refractivity contribution in [1.82, 2.24) is 4.98 Å². The van der Waals surface area contributed by atoms with Gasteiger partial charge in [0, 0.05) is 22.5 Å². The van der Waals surface area contributed by atoms with Gasteiger partial charge in [0.25, 0.3) is 0 Å². The van der Waals surface area contributed by atoms with Crippen molar-refractivity contribution in [2.24, 2.45) is 5.73 Å². The lowest BCUT2D eigenvalue weighted by atomic mass is 10.1. The molecule has 0 spiro atoms. The van der Waals surface area contributed by atoms with Gasteiger partial charge in [-0.25, -0.2) is 0 Å². The molecule has 2 rings (SSSR count). The molecule has 0 aliphatic heterocycles. The minimum Gasteiger partial charge on any atom is -0.389 e. The Hall–Kier alpha value is -1.65. The Morgan fingerprint density at radius 1 is 1.40 bits per heavy atom. The zero-order valence-corrected chi connectivity index (χ0v) is 12.8. The highest BCUT2D eigenvalue weighted by molar-refractivity contribution is 7.80. The van der Waals surface area contributed by atoms with Crippen LogP contribution in [0.4, 0.5) is 5.69 Å². The van der Waals surface area contributed by atoms with Gasteiger partial charge in [0.2, 0.25) is 0 Å². The van der Waals surface area contributed by atoms with Crippen molar-refractivity contribution in [2.75, 3.05) is 5.32 Å². The zero-order chi connectivity index (χ0) is 14.5. The SMILES string of the molecule is CCc1cccnc1CNc1ccc(Cl)cc1C(N)=S. The Kier molecular flexibility index (Phi) is 4.93. The number of rotatable bonds is 5. The highest BCUT2D eigenvalue weighted by atomic mass is 35.5. The molecule has 0 bridgehead atoms. The summed E-state index contributed by atoms with van der Waals surface area (Å²) in [6.07, 6.45) is 2.75. The molecule has 5 heteroatoms. The second kappa shape index (κ2) is 6.68. The van der Waals surface area contributed by atoms with Crippen LogP contribution in [0.5, 0.6) is 0 Å². The molecule has 0 unspecified atom stereocenters. The maximum absolute atomic E-state index is 5.97. The molecule has 20 heavy (non-hydrogen) atoms. The van der Waals surface area contributed by atoms with Gasteiger partial charge >= 0.3 is 0 Å². The molecule has 0 saturated heterocycles. The third-order valence-electron chi connectivity index (χ3n) is 3.06. The number of nitrogens with two attached hydrogens (primary N) is 1. The first kappa shape index (κ1) is 14.8. The summed E-state index contributed by atoms with van der Waals surface area (Å²) in [5, 5.41) is 3.94. The quantitative estimate of drug-likeness (QED) is 0.830. The van der Waals surface area contributed by atoms with Crippen LogP contribution in [-0.2, 0) is 13.0 Å². The molecule has 0 aliphatic rings. The number of nitrogens with one attached hydrogen (secondary N) is 1. The smallest absolute Gasteiger partial charge is 0.106 e. The fourth-order valence-corrected chi connectivity index (χ4v) is 2.35. The van der Waals surface area contributed by atoms with Crippen LogP contribution in [0.25, 0.3) is 0 Å². The zero-order valence-electron chi connectivity index (χ0n) is 11.2. The van der Waals surface area contributed by atoms with Crippen LogP contribution in [0, 0.1) is 0 Å². The van der Waals surface area contributed by atoms with Gasteiger partial charge in [-0.3, -0.25) is 4.98 Å². The average molecular weight is 306 g/mol. The fourth-order valence-electron chi connectivity index (χ4n) is 2.01. The van der Waals surface area contributed by atoms with E-state index < -0.39 is 0 Å². The first-order chi connectivity index (χ1) is 9.61. The number of hydrogen-bond donors (Lipinski definition) is 2. The van der Waals surface area contributed by atoms with Crippen molar-refractivity contribution >= 4 is 34.5 Å². The maximum Gasteiger partial charge on any atom is 0.106 e. The number of hydrogen-bond acceptors (Lipinski definition) is 3. The van der Waals surface area contributed by atoms with Crippen LogP contribution in [0.1, 0.15) is 23.7 Å². The van der Waals surface area contributed by atoms with E-state index in [1.807, 2.05) is 18.2 Å². The molecular formula is C15H16ClN3S. The summed E-state index contributed by atoms with van der Waals surface area (Å²) in [5.74, 6) is 0. The summed E-state index contributed by atoms with van der Waals surface area (Å²) in [6, 6.07) is 9.49. The minimum atomic E-state index is 0.326. The van der Waals surface area contributed by atoms with Gasteiger partial charge in [-0.2, -0.15) is 0 Å². The normalized spacial score (nSPS) is 10.3. The summed E-state index contributed by atoms with van der Waals surface area (Å²) in [5.41, 5.74) is 9.60. The topological polar surface area (TPSA) is 50.9 Å². The molecule has 2 aromatic rings. The summed E-state index contributed by atoms with van der Waals surface area (Å²) in [7, 11) is 0. The summed E-state index contributed by atoms with van der Waals surface area (Å²) in [4.78, 5) is 4.73. The van der Waals surface area contributed by atoms with E-state index in [1.165, 1.54) is 5.56 Å². The number of halogens is 1. The standard InChI is InChI=1S/C15H16ClN3S/c1-2-10-4-3-7-18-14(10)9-19-13-6-5-11(16)8-12(13)15(17)20/h3-8,19H,2,9H2,1H3,(H2,17,20). The van der Waals surface area contributed by atoms with Gasteiger partial charge in [0.15, 0.2) is 0 Å². The van der Waals surface area contributed by atoms with Gasteiger partial charge in [-0.05, 0) is 36.2 Å². The fraction of sp³-hybridized carbons (Fsp3) is 0.200. The lowest BCUT2D eigenvalue weighted by Crippen LogP contribution is -2.14. The lowest BCUT2D eigenvalue weighted by Gasteiger charge is -2.13. The predicted molar refractivity (Wildman–Crippen MR) is 88.3 cm³/mol. The van der Waals surface area contributed by atoms with Crippen LogP contribution in [-0.4, -0.2) is 9.97 Å². The largest absolute Gasteiger partial charge is 0.389 e. The second-order valence-corrected chi connectivity index (χ2v) is 5.25. The molecular weight excluding hydrogens is 290 g/mol. The third-order valence-corrected chi connectivity index (χ3v) is 3.51. The number of aryl methyl sites for hydroxylation is 1. The molecule has 104 valence electrons. The highest BCUT2D eigenvalue weighted by Crippen LogP contribution is 2.21. The molecule has 3 N–H and O–H groups in total. The van der Waals surface area contributed by atoms with E-state index in [2.05, 4.69) is 23.3 Å². The van der Waals surface area contributed by atoms with Crippen LogP contribution in [0.2, 0.25) is 5.02 Å². The number of thiocarbonyl (C=S) groups is 1. The Bertz CT molecular complexity index is 628. The monoisotopic (exact) mass is 305 g/mol. The van der Waals surface area contributed by atoms with Gasteiger partial charge < -0.3 is 11.1 Å². The average Bonchev–Trinajstić information content (AvgIpc) is 2.46. The van der Waals surface area contributed by atoms with E-state index in [-0.39, 0.29) is 0 Å². The summed E-state index contributed by atoms with van der Waals surface area (Å²) >= 11 is 11.0. The summed E-state index contributed by atoms with van der Waals surface area (Å²) in [6.45, 7) is 2.74. The van der Waals surface area contributed by atoms with Crippen molar-refractivity contribution < 1.29 is 0 Å². The first-order valence-corrected chi connectivity index (χ1v) is 7.16. The van der Waals surface area contributed by atoms with Crippen LogP contribution >= 0.6 is 23.8 Å². The van der Waals surface area contributed by atoms with E-state index >= 15 is 0 Å². The lowest BCUT2D eigenvalue weighted by molar-refractivity contribution is 0.971. The maximum atomic E-state index is 5.97. The van der Waals surface area contributed by atoms with Crippen LogP contribution in [0.3, 0.4) is 0 Å². The second-order valence-electron chi connectivity index (χ2n) is 4.37. The molecule has 0 fully saturated rings. The molecule has 0 saturated carbocycles. The van der Waals surface area contributed by atoms with E-state index in [0.29, 0.717) is 16.6 Å². The van der Waals surface area contributed by atoms with Crippen molar-refractivity contribution in [1.29, 1.82) is 0 Å². The van der Waals surface area contributed by atoms with Gasteiger partial charge in [0.1, 0.15) is 4.99 Å². The molecule has 1 heterocycles. The Morgan fingerprint density at radius 2 is 2.20 bits per heavy atom.